The van der Waals surface area contributed by atoms with E-state index in [2.05, 4.69) is 9.71 Å². The van der Waals surface area contributed by atoms with Gasteiger partial charge in [0.05, 0.1) is 10.6 Å². The van der Waals surface area contributed by atoms with E-state index in [4.69, 9.17) is 23.2 Å². The highest BCUT2D eigenvalue weighted by molar-refractivity contribution is 8.07. The van der Waals surface area contributed by atoms with E-state index in [9.17, 15) is 8.42 Å². The molecular formula is C18H21Cl2N3O2S2. The fourth-order valence-corrected chi connectivity index (χ4v) is 5.08. The van der Waals surface area contributed by atoms with E-state index in [1.807, 2.05) is 32.9 Å². The van der Waals surface area contributed by atoms with Crippen molar-refractivity contribution in [3.8, 4) is 0 Å². The minimum absolute atomic E-state index is 0.195. The molecule has 0 spiro atoms. The van der Waals surface area contributed by atoms with E-state index in [0.717, 1.165) is 23.4 Å². The Labute approximate surface area is 175 Å². The summed E-state index contributed by atoms with van der Waals surface area (Å²) in [6.45, 7) is 5.95. The van der Waals surface area contributed by atoms with Crippen molar-refractivity contribution in [2.75, 3.05) is 6.54 Å². The van der Waals surface area contributed by atoms with Crippen LogP contribution < -0.4 is 4.72 Å². The zero-order chi connectivity index (χ0) is 20.0. The molecule has 0 unspecified atom stereocenters. The highest BCUT2D eigenvalue weighted by Gasteiger charge is 2.27. The van der Waals surface area contributed by atoms with Gasteiger partial charge in [-0.05, 0) is 68.8 Å². The molecule has 0 aromatic heterocycles. The Hall–Kier alpha value is -1.09. The molecular weight excluding hydrogens is 425 g/mol. The lowest BCUT2D eigenvalue weighted by Gasteiger charge is -2.24. The summed E-state index contributed by atoms with van der Waals surface area (Å²) in [5, 5.41) is 1.16. The van der Waals surface area contributed by atoms with Gasteiger partial charge >= 0.3 is 0 Å². The topological polar surface area (TPSA) is 61.8 Å². The van der Waals surface area contributed by atoms with Crippen LogP contribution in [0, 0.1) is 6.92 Å². The van der Waals surface area contributed by atoms with Crippen LogP contribution >= 0.6 is 35.3 Å². The van der Waals surface area contributed by atoms with Gasteiger partial charge in [0, 0.05) is 41.0 Å². The number of aryl methyl sites for hydroxylation is 1. The summed E-state index contributed by atoms with van der Waals surface area (Å²) in [5.41, 5.74) is 1.79. The number of hydrogen-bond donors (Lipinski definition) is 1. The molecule has 1 N–H and O–H groups in total. The van der Waals surface area contributed by atoms with Crippen LogP contribution in [0.25, 0.3) is 0 Å². The fraction of sp³-hybridized carbons (Fsp3) is 0.278. The van der Waals surface area contributed by atoms with Gasteiger partial charge < -0.3 is 0 Å². The molecule has 0 aliphatic heterocycles. The van der Waals surface area contributed by atoms with Crippen LogP contribution in [0.2, 0.25) is 10.0 Å². The SMILES string of the molecule is Cc1cc(Cl)ccc1N=CCNSN(C(C)C)S(=O)(=O)c1ccc(Cl)cc1. The number of nitrogens with zero attached hydrogens (tertiary/aromatic N) is 2. The molecule has 0 radical (unpaired) electrons. The smallest absolute Gasteiger partial charge is 0.253 e. The van der Waals surface area contributed by atoms with Crippen molar-refractivity contribution in [1.29, 1.82) is 0 Å². The first kappa shape index (κ1) is 22.2. The van der Waals surface area contributed by atoms with Crippen molar-refractivity contribution in [1.82, 2.24) is 8.43 Å². The molecule has 5 nitrogen and oxygen atoms in total. The van der Waals surface area contributed by atoms with Crippen molar-refractivity contribution < 1.29 is 8.42 Å². The largest absolute Gasteiger partial charge is 0.260 e. The van der Waals surface area contributed by atoms with Crippen LogP contribution in [0.4, 0.5) is 5.69 Å². The predicted octanol–water partition coefficient (Wildman–Crippen LogP) is 5.26. The molecule has 2 aromatic carbocycles. The molecule has 0 bridgehead atoms. The van der Waals surface area contributed by atoms with Crippen molar-refractivity contribution in [2.45, 2.75) is 31.7 Å². The third-order valence-electron chi connectivity index (χ3n) is 3.49. The minimum Gasteiger partial charge on any atom is -0.260 e. The number of benzene rings is 2. The van der Waals surface area contributed by atoms with Gasteiger partial charge in [0.15, 0.2) is 0 Å². The maximum absolute atomic E-state index is 12.8. The summed E-state index contributed by atoms with van der Waals surface area (Å²) in [7, 11) is -3.65. The molecule has 27 heavy (non-hydrogen) atoms. The van der Waals surface area contributed by atoms with Crippen molar-refractivity contribution in [3.63, 3.8) is 0 Å². The van der Waals surface area contributed by atoms with Crippen molar-refractivity contribution in [3.05, 3.63) is 58.1 Å². The molecule has 0 fully saturated rings. The highest BCUT2D eigenvalue weighted by atomic mass is 35.5. The van der Waals surface area contributed by atoms with Gasteiger partial charge in [-0.25, -0.2) is 13.1 Å². The molecule has 9 heteroatoms. The monoisotopic (exact) mass is 445 g/mol. The van der Waals surface area contributed by atoms with E-state index in [0.29, 0.717) is 16.6 Å². The molecule has 0 saturated heterocycles. The third-order valence-corrected chi connectivity index (χ3v) is 7.45. The molecule has 0 atom stereocenters. The summed E-state index contributed by atoms with van der Waals surface area (Å²) in [5.74, 6) is 0. The first-order valence-electron chi connectivity index (χ1n) is 8.20. The summed E-state index contributed by atoms with van der Waals surface area (Å²) in [6, 6.07) is 11.3. The average molecular weight is 446 g/mol. The molecule has 146 valence electrons. The van der Waals surface area contributed by atoms with Gasteiger partial charge in [0.1, 0.15) is 0 Å². The van der Waals surface area contributed by atoms with Crippen molar-refractivity contribution >= 4 is 57.3 Å². The lowest BCUT2D eigenvalue weighted by atomic mass is 10.2. The van der Waals surface area contributed by atoms with Gasteiger partial charge in [-0.2, -0.15) is 0 Å². The second-order valence-corrected chi connectivity index (χ2v) is 9.77. The summed E-state index contributed by atoms with van der Waals surface area (Å²) in [4.78, 5) is 4.57. The molecule has 0 aliphatic carbocycles. The first-order chi connectivity index (χ1) is 12.7. The van der Waals surface area contributed by atoms with Gasteiger partial charge in [-0.1, -0.05) is 23.2 Å². The number of rotatable bonds is 8. The minimum atomic E-state index is -3.65. The van der Waals surface area contributed by atoms with Gasteiger partial charge in [0.2, 0.25) is 0 Å². The Morgan fingerprint density at radius 2 is 1.78 bits per heavy atom. The zero-order valence-electron chi connectivity index (χ0n) is 15.2. The summed E-state index contributed by atoms with van der Waals surface area (Å²) in [6.07, 6.45) is 1.69. The Kier molecular flexibility index (Phi) is 8.15. The van der Waals surface area contributed by atoms with Crippen LogP contribution in [0.1, 0.15) is 19.4 Å². The van der Waals surface area contributed by atoms with Crippen molar-refractivity contribution in [2.24, 2.45) is 4.99 Å². The molecule has 0 amide bonds. The lowest BCUT2D eigenvalue weighted by molar-refractivity contribution is 0.500. The number of hydrogen-bond acceptors (Lipinski definition) is 5. The van der Waals surface area contributed by atoms with Gasteiger partial charge in [-0.15, -0.1) is 3.71 Å². The Morgan fingerprint density at radius 3 is 2.37 bits per heavy atom. The van der Waals surface area contributed by atoms with Crippen LogP contribution in [0.15, 0.2) is 52.4 Å². The van der Waals surface area contributed by atoms with E-state index in [-0.39, 0.29) is 10.9 Å². The van der Waals surface area contributed by atoms with Gasteiger partial charge in [-0.3, -0.25) is 4.99 Å². The van der Waals surface area contributed by atoms with E-state index >= 15 is 0 Å². The first-order valence-corrected chi connectivity index (χ1v) is 11.2. The number of aliphatic imine (C=N–C) groups is 1. The number of halogens is 2. The zero-order valence-corrected chi connectivity index (χ0v) is 18.3. The second-order valence-electron chi connectivity index (χ2n) is 5.99. The van der Waals surface area contributed by atoms with Crippen LogP contribution in [-0.4, -0.2) is 30.9 Å². The van der Waals surface area contributed by atoms with Crippen LogP contribution in [0.5, 0.6) is 0 Å². The Morgan fingerprint density at radius 1 is 1.15 bits per heavy atom. The molecule has 0 saturated carbocycles. The Bertz CT molecular complexity index is 901. The van der Waals surface area contributed by atoms with Crippen LogP contribution in [-0.2, 0) is 10.0 Å². The van der Waals surface area contributed by atoms with Gasteiger partial charge in [0.25, 0.3) is 10.0 Å². The number of sulfonamides is 1. The standard InChI is InChI=1S/C18H21Cl2N3O2S2/c1-13(2)23(27(24,25)17-7-4-15(19)5-8-17)26-22-11-10-21-18-9-6-16(20)12-14(18)3/h4-10,12-13,22H,11H2,1-3H3. The highest BCUT2D eigenvalue weighted by Crippen LogP contribution is 2.25. The quantitative estimate of drug-likeness (QED) is 0.342. The van der Waals surface area contributed by atoms with E-state index in [1.165, 1.54) is 15.8 Å². The summed E-state index contributed by atoms with van der Waals surface area (Å²) >= 11 is 12.8. The molecule has 2 aromatic rings. The maximum atomic E-state index is 12.8. The molecule has 0 aliphatic rings. The van der Waals surface area contributed by atoms with E-state index < -0.39 is 10.0 Å². The Balaban J connectivity index is 2.00. The molecule has 2 rings (SSSR count). The second kappa shape index (κ2) is 9.91. The molecule has 0 heterocycles. The average Bonchev–Trinajstić information content (AvgIpc) is 2.59. The van der Waals surface area contributed by atoms with Crippen LogP contribution in [0.3, 0.4) is 0 Å². The lowest BCUT2D eigenvalue weighted by Crippen LogP contribution is -2.34. The normalized spacial score (nSPS) is 12.4. The predicted molar refractivity (Wildman–Crippen MR) is 116 cm³/mol. The maximum Gasteiger partial charge on any atom is 0.253 e. The third kappa shape index (κ3) is 6.20. The summed E-state index contributed by atoms with van der Waals surface area (Å²) < 4.78 is 30.0. The fourth-order valence-electron chi connectivity index (χ4n) is 2.19. The number of nitrogens with one attached hydrogen (secondary N) is 1. The van der Waals surface area contributed by atoms with E-state index in [1.54, 1.807) is 24.4 Å².